The summed E-state index contributed by atoms with van der Waals surface area (Å²) >= 11 is 0. The number of nitrogens with one attached hydrogen (secondary N) is 1. The SMILES string of the molecule is C=CC(=O)N1CCN(c2ccc3ncnc(Nc4ccc(Oc5ccc6c(c5)ncn6C)c(C)c4)c3c2)C(C)C1. The van der Waals surface area contributed by atoms with Crippen molar-refractivity contribution < 1.29 is 9.53 Å². The molecule has 5 aromatic rings. The lowest BCUT2D eigenvalue weighted by Gasteiger charge is -2.41. The molecule has 1 aliphatic heterocycles. The standard InChI is InChI=1S/C31H31N7O2/c1-5-30(39)37-12-13-38(21(3)17-37)23-7-9-26-25(15-23)31(33-18-32-26)35-22-6-11-29(20(2)14-22)40-24-8-10-28-27(16-24)34-19-36(28)4/h5-11,14-16,18-19,21H,1,12-13,17H2,2-4H3,(H,32,33,35). The van der Waals surface area contributed by atoms with Gasteiger partial charge in [0.2, 0.25) is 5.91 Å². The number of imidazole rings is 1. The number of amides is 1. The van der Waals surface area contributed by atoms with Crippen LogP contribution in [0.4, 0.5) is 17.2 Å². The van der Waals surface area contributed by atoms with Gasteiger partial charge in [0, 0.05) is 55.6 Å². The van der Waals surface area contributed by atoms with E-state index in [4.69, 9.17) is 4.74 Å². The fourth-order valence-corrected chi connectivity index (χ4v) is 5.28. The van der Waals surface area contributed by atoms with Crippen molar-refractivity contribution >= 4 is 45.0 Å². The van der Waals surface area contributed by atoms with Crippen molar-refractivity contribution in [2.75, 3.05) is 29.9 Å². The summed E-state index contributed by atoms with van der Waals surface area (Å²) in [7, 11) is 1.97. The summed E-state index contributed by atoms with van der Waals surface area (Å²) in [4.78, 5) is 29.7. The average Bonchev–Trinajstić information content (AvgIpc) is 3.33. The number of anilines is 3. The van der Waals surface area contributed by atoms with Crippen molar-refractivity contribution in [1.29, 1.82) is 0 Å². The second-order valence-electron chi connectivity index (χ2n) is 10.2. The summed E-state index contributed by atoms with van der Waals surface area (Å²) in [5.41, 5.74) is 5.78. The normalized spacial score (nSPS) is 15.4. The highest BCUT2D eigenvalue weighted by molar-refractivity contribution is 5.93. The number of hydrogen-bond donors (Lipinski definition) is 1. The minimum Gasteiger partial charge on any atom is -0.457 e. The second kappa shape index (κ2) is 10.3. The zero-order valence-corrected chi connectivity index (χ0v) is 22.8. The van der Waals surface area contributed by atoms with Crippen molar-refractivity contribution in [3.8, 4) is 11.5 Å². The van der Waals surface area contributed by atoms with Crippen LogP contribution in [0.3, 0.4) is 0 Å². The van der Waals surface area contributed by atoms with Gasteiger partial charge in [-0.2, -0.15) is 0 Å². The van der Waals surface area contributed by atoms with Crippen molar-refractivity contribution in [3.05, 3.63) is 85.5 Å². The lowest BCUT2D eigenvalue weighted by Crippen LogP contribution is -2.53. The van der Waals surface area contributed by atoms with Crippen molar-refractivity contribution in [2.24, 2.45) is 7.05 Å². The van der Waals surface area contributed by atoms with Gasteiger partial charge in [-0.25, -0.2) is 15.0 Å². The number of fused-ring (bicyclic) bond motifs is 2. The number of carbonyl (C=O) groups excluding carboxylic acids is 1. The van der Waals surface area contributed by atoms with Gasteiger partial charge in [-0.1, -0.05) is 6.58 Å². The van der Waals surface area contributed by atoms with E-state index in [1.165, 1.54) is 6.08 Å². The summed E-state index contributed by atoms with van der Waals surface area (Å²) in [6.45, 7) is 9.84. The molecule has 1 unspecified atom stereocenters. The maximum atomic E-state index is 12.1. The molecule has 1 atom stereocenters. The molecule has 1 amide bonds. The van der Waals surface area contributed by atoms with E-state index in [1.807, 2.05) is 65.9 Å². The van der Waals surface area contributed by atoms with Crippen molar-refractivity contribution in [1.82, 2.24) is 24.4 Å². The fraction of sp³-hybridized carbons (Fsp3) is 0.226. The van der Waals surface area contributed by atoms with Crippen molar-refractivity contribution in [3.63, 3.8) is 0 Å². The molecule has 0 aliphatic carbocycles. The molecule has 1 aliphatic rings. The Bertz CT molecular complexity index is 1750. The summed E-state index contributed by atoms with van der Waals surface area (Å²) in [5, 5.41) is 4.40. The van der Waals surface area contributed by atoms with E-state index in [-0.39, 0.29) is 11.9 Å². The first-order chi connectivity index (χ1) is 19.4. The molecule has 2 aromatic heterocycles. The molecule has 1 N–H and O–H groups in total. The summed E-state index contributed by atoms with van der Waals surface area (Å²) in [6, 6.07) is 18.3. The molecular weight excluding hydrogens is 502 g/mol. The smallest absolute Gasteiger partial charge is 0.246 e. The minimum absolute atomic E-state index is 0.0223. The third-order valence-electron chi connectivity index (χ3n) is 7.43. The van der Waals surface area contributed by atoms with Crippen LogP contribution in [-0.4, -0.2) is 56.0 Å². The predicted octanol–water partition coefficient (Wildman–Crippen LogP) is 5.58. The van der Waals surface area contributed by atoms with E-state index in [1.54, 1.807) is 12.7 Å². The largest absolute Gasteiger partial charge is 0.457 e. The number of aromatic nitrogens is 4. The van der Waals surface area contributed by atoms with Crippen LogP contribution in [0.25, 0.3) is 21.9 Å². The molecular formula is C31H31N7O2. The summed E-state index contributed by atoms with van der Waals surface area (Å²) in [6.07, 6.45) is 4.76. The van der Waals surface area contributed by atoms with Gasteiger partial charge in [0.25, 0.3) is 0 Å². The quantitative estimate of drug-likeness (QED) is 0.285. The highest BCUT2D eigenvalue weighted by Gasteiger charge is 2.26. The number of piperazine rings is 1. The number of rotatable bonds is 6. The summed E-state index contributed by atoms with van der Waals surface area (Å²) in [5.74, 6) is 2.23. The zero-order chi connectivity index (χ0) is 27.8. The second-order valence-corrected chi connectivity index (χ2v) is 10.2. The van der Waals surface area contributed by atoms with Gasteiger partial charge in [0.05, 0.1) is 22.9 Å². The highest BCUT2D eigenvalue weighted by atomic mass is 16.5. The lowest BCUT2D eigenvalue weighted by atomic mass is 10.1. The van der Waals surface area contributed by atoms with Crippen LogP contribution in [-0.2, 0) is 11.8 Å². The van der Waals surface area contributed by atoms with Crippen LogP contribution in [0.1, 0.15) is 12.5 Å². The molecule has 40 heavy (non-hydrogen) atoms. The van der Waals surface area contributed by atoms with Gasteiger partial charge < -0.3 is 24.4 Å². The molecule has 9 nitrogen and oxygen atoms in total. The number of hydrogen-bond acceptors (Lipinski definition) is 7. The maximum Gasteiger partial charge on any atom is 0.246 e. The van der Waals surface area contributed by atoms with Gasteiger partial charge in [-0.15, -0.1) is 0 Å². The zero-order valence-electron chi connectivity index (χ0n) is 22.8. The molecule has 0 bridgehead atoms. The van der Waals surface area contributed by atoms with Crippen LogP contribution in [0.5, 0.6) is 11.5 Å². The molecule has 9 heteroatoms. The molecule has 0 spiro atoms. The van der Waals surface area contributed by atoms with Crippen LogP contribution >= 0.6 is 0 Å². The molecule has 3 aromatic carbocycles. The van der Waals surface area contributed by atoms with E-state index in [0.29, 0.717) is 13.1 Å². The van der Waals surface area contributed by atoms with Crippen LogP contribution in [0, 0.1) is 6.92 Å². The third kappa shape index (κ3) is 4.82. The molecule has 0 saturated carbocycles. The Labute approximate surface area is 232 Å². The molecule has 202 valence electrons. The van der Waals surface area contributed by atoms with Gasteiger partial charge in [-0.3, -0.25) is 4.79 Å². The first kappa shape index (κ1) is 25.4. The van der Waals surface area contributed by atoms with Gasteiger partial charge in [0.15, 0.2) is 0 Å². The fourth-order valence-electron chi connectivity index (χ4n) is 5.28. The van der Waals surface area contributed by atoms with Crippen LogP contribution < -0.4 is 15.0 Å². The van der Waals surface area contributed by atoms with E-state index >= 15 is 0 Å². The number of benzene rings is 3. The van der Waals surface area contributed by atoms with E-state index in [9.17, 15) is 4.79 Å². The Morgan fingerprint density at radius 2 is 1.93 bits per heavy atom. The number of carbonyl (C=O) groups is 1. The molecule has 0 radical (unpaired) electrons. The van der Waals surface area contributed by atoms with E-state index < -0.39 is 0 Å². The van der Waals surface area contributed by atoms with Crippen LogP contribution in [0.15, 0.2) is 79.9 Å². The van der Waals surface area contributed by atoms with E-state index in [0.717, 1.165) is 62.7 Å². The lowest BCUT2D eigenvalue weighted by molar-refractivity contribution is -0.126. The first-order valence-corrected chi connectivity index (χ1v) is 13.3. The minimum atomic E-state index is -0.0223. The monoisotopic (exact) mass is 533 g/mol. The third-order valence-corrected chi connectivity index (χ3v) is 7.43. The van der Waals surface area contributed by atoms with Gasteiger partial charge >= 0.3 is 0 Å². The number of nitrogens with zero attached hydrogens (tertiary/aromatic N) is 6. The Morgan fingerprint density at radius 3 is 2.73 bits per heavy atom. The first-order valence-electron chi connectivity index (χ1n) is 13.3. The molecule has 1 fully saturated rings. The molecule has 3 heterocycles. The van der Waals surface area contributed by atoms with Gasteiger partial charge in [-0.05, 0) is 74.0 Å². The number of aryl methyl sites for hydroxylation is 2. The predicted molar refractivity (Wildman–Crippen MR) is 158 cm³/mol. The van der Waals surface area contributed by atoms with Gasteiger partial charge in [0.1, 0.15) is 23.6 Å². The molecule has 6 rings (SSSR count). The number of ether oxygens (including phenoxy) is 1. The highest BCUT2D eigenvalue weighted by Crippen LogP contribution is 2.32. The van der Waals surface area contributed by atoms with Crippen LogP contribution in [0.2, 0.25) is 0 Å². The molecule has 1 saturated heterocycles. The Hall–Kier alpha value is -4.92. The average molecular weight is 534 g/mol. The summed E-state index contributed by atoms with van der Waals surface area (Å²) < 4.78 is 8.17. The Kier molecular flexibility index (Phi) is 6.55. The topological polar surface area (TPSA) is 88.4 Å². The van der Waals surface area contributed by atoms with E-state index in [2.05, 4.69) is 50.8 Å². The maximum absolute atomic E-state index is 12.1. The van der Waals surface area contributed by atoms with Crippen molar-refractivity contribution in [2.45, 2.75) is 19.9 Å². The Balaban J connectivity index is 1.22. The Morgan fingerprint density at radius 1 is 1.05 bits per heavy atom.